The zero-order valence-corrected chi connectivity index (χ0v) is 15.7. The minimum absolute atomic E-state index is 0.00793. The molecule has 2 aliphatic heterocycles. The van der Waals surface area contributed by atoms with Crippen LogP contribution in [0, 0.1) is 0 Å². The molecular formula is C16H23BClN3O4. The van der Waals surface area contributed by atoms with Crippen molar-refractivity contribution >= 4 is 30.1 Å². The smallest absolute Gasteiger partial charge is 0.458 e. The van der Waals surface area contributed by atoms with Gasteiger partial charge in [0.15, 0.2) is 0 Å². The number of carbonyl (C=O) groups is 1. The molecule has 1 aromatic rings. The summed E-state index contributed by atoms with van der Waals surface area (Å²) in [6.07, 6.45) is 3.93. The lowest BCUT2D eigenvalue weighted by molar-refractivity contribution is -0.127. The first-order valence-corrected chi connectivity index (χ1v) is 8.93. The van der Waals surface area contributed by atoms with E-state index in [-0.39, 0.29) is 23.9 Å². The van der Waals surface area contributed by atoms with Gasteiger partial charge in [0.25, 0.3) is 0 Å². The van der Waals surface area contributed by atoms with Crippen molar-refractivity contribution in [2.24, 2.45) is 0 Å². The average molecular weight is 368 g/mol. The molecule has 0 bridgehead atoms. The highest BCUT2D eigenvalue weighted by Crippen LogP contribution is 2.36. The Kier molecular flexibility index (Phi) is 4.96. The highest BCUT2D eigenvalue weighted by atomic mass is 35.5. The first-order valence-electron chi connectivity index (χ1n) is 8.40. The third-order valence-electron chi connectivity index (χ3n) is 5.06. The fraction of sp³-hybridized carbons (Fsp3) is 0.688. The molecule has 0 aromatic carbocycles. The van der Waals surface area contributed by atoms with Gasteiger partial charge in [-0.15, -0.1) is 11.6 Å². The molecule has 136 valence electrons. The van der Waals surface area contributed by atoms with Crippen LogP contribution in [0.15, 0.2) is 12.4 Å². The maximum Gasteiger partial charge on any atom is 0.498 e. The Balaban J connectivity index is 1.60. The third kappa shape index (κ3) is 3.76. The van der Waals surface area contributed by atoms with E-state index in [1.54, 1.807) is 17.3 Å². The SMILES string of the molecule is CC1(C)OB(c2cnc(O[C@H]3CCN(C(=O)CCl)C3)nc2)OC1(C)C. The summed E-state index contributed by atoms with van der Waals surface area (Å²) in [4.78, 5) is 21.8. The highest BCUT2D eigenvalue weighted by Gasteiger charge is 2.52. The van der Waals surface area contributed by atoms with Gasteiger partial charge in [-0.3, -0.25) is 4.79 Å². The van der Waals surface area contributed by atoms with Crippen LogP contribution in [0.1, 0.15) is 34.1 Å². The molecule has 0 N–H and O–H groups in total. The Hall–Kier alpha value is -1.38. The Morgan fingerprint density at radius 3 is 2.48 bits per heavy atom. The number of hydrogen-bond acceptors (Lipinski definition) is 6. The van der Waals surface area contributed by atoms with E-state index >= 15 is 0 Å². The summed E-state index contributed by atoms with van der Waals surface area (Å²) in [7, 11) is -0.498. The molecule has 1 aromatic heterocycles. The minimum Gasteiger partial charge on any atom is -0.458 e. The molecule has 0 spiro atoms. The number of ether oxygens (including phenoxy) is 1. The van der Waals surface area contributed by atoms with Crippen molar-refractivity contribution in [1.29, 1.82) is 0 Å². The van der Waals surface area contributed by atoms with E-state index in [1.807, 2.05) is 27.7 Å². The topological polar surface area (TPSA) is 73.8 Å². The standard InChI is InChI=1S/C16H23BClN3O4/c1-15(2)16(3,4)25-17(24-15)11-8-19-14(20-9-11)23-12-5-6-21(10-12)13(22)7-18/h8-9,12H,5-7,10H2,1-4H3/t12-/m0/s1. The normalized spacial score (nSPS) is 24.6. The van der Waals surface area contributed by atoms with Gasteiger partial charge in [-0.05, 0) is 27.7 Å². The van der Waals surface area contributed by atoms with E-state index in [1.165, 1.54) is 0 Å². The second kappa shape index (κ2) is 6.74. The molecule has 3 rings (SSSR count). The van der Waals surface area contributed by atoms with E-state index < -0.39 is 18.3 Å². The summed E-state index contributed by atoms with van der Waals surface area (Å²) in [6, 6.07) is 0.283. The molecule has 1 atom stereocenters. The van der Waals surface area contributed by atoms with Crippen LogP contribution < -0.4 is 10.2 Å². The van der Waals surface area contributed by atoms with Crippen LogP contribution >= 0.6 is 11.6 Å². The van der Waals surface area contributed by atoms with Gasteiger partial charge < -0.3 is 18.9 Å². The Labute approximate surface area is 153 Å². The Morgan fingerprint density at radius 1 is 1.32 bits per heavy atom. The lowest BCUT2D eigenvalue weighted by Gasteiger charge is -2.32. The summed E-state index contributed by atoms with van der Waals surface area (Å²) < 4.78 is 17.7. The van der Waals surface area contributed by atoms with Crippen LogP contribution in [0.5, 0.6) is 6.01 Å². The number of aromatic nitrogens is 2. The van der Waals surface area contributed by atoms with Gasteiger partial charge in [0, 0.05) is 30.8 Å². The summed E-state index contributed by atoms with van der Waals surface area (Å²) >= 11 is 5.58. The van der Waals surface area contributed by atoms with E-state index in [2.05, 4.69) is 9.97 Å². The molecule has 2 fully saturated rings. The van der Waals surface area contributed by atoms with E-state index in [9.17, 15) is 4.79 Å². The van der Waals surface area contributed by atoms with Crippen LogP contribution in [-0.4, -0.2) is 64.2 Å². The van der Waals surface area contributed by atoms with Crippen molar-refractivity contribution in [1.82, 2.24) is 14.9 Å². The summed E-state index contributed by atoms with van der Waals surface area (Å²) in [5.41, 5.74) is -0.0686. The van der Waals surface area contributed by atoms with Gasteiger partial charge in [0.1, 0.15) is 12.0 Å². The molecule has 1 amide bonds. The van der Waals surface area contributed by atoms with Crippen LogP contribution in [0.2, 0.25) is 0 Å². The predicted octanol–water partition coefficient (Wildman–Crippen LogP) is 0.994. The zero-order chi connectivity index (χ0) is 18.2. The van der Waals surface area contributed by atoms with Gasteiger partial charge in [0.2, 0.25) is 5.91 Å². The fourth-order valence-corrected chi connectivity index (χ4v) is 2.94. The van der Waals surface area contributed by atoms with Gasteiger partial charge in [-0.1, -0.05) is 0 Å². The molecule has 0 aliphatic carbocycles. The van der Waals surface area contributed by atoms with Crippen molar-refractivity contribution in [3.05, 3.63) is 12.4 Å². The van der Waals surface area contributed by atoms with Crippen molar-refractivity contribution in [2.75, 3.05) is 19.0 Å². The molecule has 0 unspecified atom stereocenters. The maximum absolute atomic E-state index is 11.6. The fourth-order valence-electron chi connectivity index (χ4n) is 2.77. The summed E-state index contributed by atoms with van der Waals surface area (Å²) in [5.74, 6) is -0.0868. The molecule has 9 heteroatoms. The number of amides is 1. The van der Waals surface area contributed by atoms with Crippen LogP contribution in [0.4, 0.5) is 0 Å². The first-order chi connectivity index (χ1) is 11.7. The first kappa shape index (κ1) is 18.4. The van der Waals surface area contributed by atoms with Crippen molar-refractivity contribution in [2.45, 2.75) is 51.4 Å². The van der Waals surface area contributed by atoms with E-state index in [4.69, 9.17) is 25.6 Å². The molecule has 2 aliphatic rings. The van der Waals surface area contributed by atoms with Crippen LogP contribution in [0.25, 0.3) is 0 Å². The maximum atomic E-state index is 11.6. The largest absolute Gasteiger partial charge is 0.498 e. The summed E-state index contributed by atoms with van der Waals surface area (Å²) in [5, 5.41) is 0. The van der Waals surface area contributed by atoms with Crippen molar-refractivity contribution in [3.8, 4) is 6.01 Å². The van der Waals surface area contributed by atoms with E-state index in [0.717, 1.165) is 11.9 Å². The van der Waals surface area contributed by atoms with Gasteiger partial charge in [-0.25, -0.2) is 9.97 Å². The third-order valence-corrected chi connectivity index (χ3v) is 5.29. The predicted molar refractivity (Wildman–Crippen MR) is 94.1 cm³/mol. The molecular weight excluding hydrogens is 344 g/mol. The van der Waals surface area contributed by atoms with E-state index in [0.29, 0.717) is 13.1 Å². The Bertz CT molecular complexity index is 625. The lowest BCUT2D eigenvalue weighted by atomic mass is 9.81. The average Bonchev–Trinajstić information content (AvgIpc) is 3.10. The zero-order valence-electron chi connectivity index (χ0n) is 15.0. The van der Waals surface area contributed by atoms with Crippen molar-refractivity contribution < 1.29 is 18.8 Å². The van der Waals surface area contributed by atoms with Gasteiger partial charge in [0.05, 0.1) is 17.7 Å². The molecule has 3 heterocycles. The molecule has 0 radical (unpaired) electrons. The number of likely N-dealkylation sites (tertiary alicyclic amines) is 1. The molecule has 7 nitrogen and oxygen atoms in total. The Morgan fingerprint density at radius 2 is 1.92 bits per heavy atom. The van der Waals surface area contributed by atoms with Gasteiger partial charge >= 0.3 is 13.1 Å². The lowest BCUT2D eigenvalue weighted by Crippen LogP contribution is -2.41. The monoisotopic (exact) mass is 367 g/mol. The highest BCUT2D eigenvalue weighted by molar-refractivity contribution is 6.61. The number of carbonyl (C=O) groups excluding carboxylic acids is 1. The molecule has 0 saturated carbocycles. The van der Waals surface area contributed by atoms with Crippen LogP contribution in [-0.2, 0) is 14.1 Å². The second-order valence-electron chi connectivity index (χ2n) is 7.39. The molecule has 2 saturated heterocycles. The second-order valence-corrected chi connectivity index (χ2v) is 7.66. The number of halogens is 1. The number of rotatable bonds is 4. The number of hydrogen-bond donors (Lipinski definition) is 0. The minimum atomic E-state index is -0.498. The molecule has 25 heavy (non-hydrogen) atoms. The number of alkyl halides is 1. The van der Waals surface area contributed by atoms with Gasteiger partial charge in [-0.2, -0.15) is 0 Å². The van der Waals surface area contributed by atoms with Crippen molar-refractivity contribution in [3.63, 3.8) is 0 Å². The summed E-state index contributed by atoms with van der Waals surface area (Å²) in [6.45, 7) is 9.15. The van der Waals surface area contributed by atoms with Crippen LogP contribution in [0.3, 0.4) is 0 Å². The number of nitrogens with zero attached hydrogens (tertiary/aromatic N) is 3. The quantitative estimate of drug-likeness (QED) is 0.584.